The van der Waals surface area contributed by atoms with Crippen molar-refractivity contribution in [2.45, 2.75) is 13.3 Å². The van der Waals surface area contributed by atoms with Crippen LogP contribution in [0.25, 0.3) is 0 Å². The molecular formula is C10H12N2. The molecule has 0 aromatic heterocycles. The number of hydrogen-bond donors (Lipinski definition) is 1. The summed E-state index contributed by atoms with van der Waals surface area (Å²) in [5, 5.41) is 11.4. The molecule has 0 aliphatic carbocycles. The summed E-state index contributed by atoms with van der Waals surface area (Å²) in [6.07, 6.45) is 0.549. The van der Waals surface area contributed by atoms with Crippen molar-refractivity contribution in [3.63, 3.8) is 0 Å². The maximum atomic E-state index is 8.30. The van der Waals surface area contributed by atoms with Crippen molar-refractivity contribution in [3.8, 4) is 6.07 Å². The second-order valence-electron chi connectivity index (χ2n) is 2.70. The van der Waals surface area contributed by atoms with E-state index in [9.17, 15) is 0 Å². The van der Waals surface area contributed by atoms with Crippen molar-refractivity contribution >= 4 is 5.69 Å². The number of nitrogens with zero attached hydrogens (tertiary/aromatic N) is 1. The minimum absolute atomic E-state index is 0.549. The first-order valence-corrected chi connectivity index (χ1v) is 4.00. The summed E-state index contributed by atoms with van der Waals surface area (Å²) < 4.78 is 0. The average molecular weight is 160 g/mol. The fourth-order valence-electron chi connectivity index (χ4n) is 0.934. The molecule has 12 heavy (non-hydrogen) atoms. The molecule has 0 bridgehead atoms. The van der Waals surface area contributed by atoms with Gasteiger partial charge in [-0.05, 0) is 19.1 Å². The molecular weight excluding hydrogens is 148 g/mol. The van der Waals surface area contributed by atoms with Gasteiger partial charge in [0.05, 0.1) is 12.5 Å². The quantitative estimate of drug-likeness (QED) is 0.689. The third-order valence-corrected chi connectivity index (χ3v) is 1.62. The Kier molecular flexibility index (Phi) is 3.16. The van der Waals surface area contributed by atoms with E-state index in [1.807, 2.05) is 12.1 Å². The number of nitrogens with one attached hydrogen (secondary N) is 1. The maximum absolute atomic E-state index is 8.30. The molecule has 0 saturated carbocycles. The van der Waals surface area contributed by atoms with Crippen LogP contribution in [0.1, 0.15) is 12.0 Å². The van der Waals surface area contributed by atoms with Crippen molar-refractivity contribution < 1.29 is 0 Å². The van der Waals surface area contributed by atoms with Crippen LogP contribution >= 0.6 is 0 Å². The van der Waals surface area contributed by atoms with Gasteiger partial charge in [-0.15, -0.1) is 0 Å². The predicted molar refractivity (Wildman–Crippen MR) is 49.9 cm³/mol. The molecule has 0 fully saturated rings. The third kappa shape index (κ3) is 2.63. The Morgan fingerprint density at radius 3 is 2.58 bits per heavy atom. The lowest BCUT2D eigenvalue weighted by atomic mass is 10.2. The van der Waals surface area contributed by atoms with Crippen molar-refractivity contribution in [3.05, 3.63) is 29.8 Å². The van der Waals surface area contributed by atoms with Crippen molar-refractivity contribution in [2.24, 2.45) is 0 Å². The van der Waals surface area contributed by atoms with Gasteiger partial charge in [-0.3, -0.25) is 0 Å². The highest BCUT2D eigenvalue weighted by Gasteiger charge is 1.89. The summed E-state index contributed by atoms with van der Waals surface area (Å²) in [4.78, 5) is 0. The molecule has 0 atom stereocenters. The molecule has 0 saturated heterocycles. The Morgan fingerprint density at radius 2 is 2.00 bits per heavy atom. The third-order valence-electron chi connectivity index (χ3n) is 1.62. The van der Waals surface area contributed by atoms with Crippen LogP contribution in [0.5, 0.6) is 0 Å². The first-order valence-electron chi connectivity index (χ1n) is 4.00. The van der Waals surface area contributed by atoms with E-state index in [-0.39, 0.29) is 0 Å². The lowest BCUT2D eigenvalue weighted by Gasteiger charge is -2.02. The van der Waals surface area contributed by atoms with E-state index in [2.05, 4.69) is 30.4 Å². The Labute approximate surface area is 72.8 Å². The van der Waals surface area contributed by atoms with E-state index in [4.69, 9.17) is 5.26 Å². The van der Waals surface area contributed by atoms with Gasteiger partial charge in [-0.25, -0.2) is 0 Å². The van der Waals surface area contributed by atoms with E-state index in [0.29, 0.717) is 6.42 Å². The molecule has 0 amide bonds. The van der Waals surface area contributed by atoms with Gasteiger partial charge in [0.15, 0.2) is 0 Å². The maximum Gasteiger partial charge on any atom is 0.0640 e. The molecule has 62 valence electrons. The first kappa shape index (κ1) is 8.61. The topological polar surface area (TPSA) is 35.8 Å². The van der Waals surface area contributed by atoms with Gasteiger partial charge in [-0.2, -0.15) is 5.26 Å². The van der Waals surface area contributed by atoms with Crippen LogP contribution in [0.3, 0.4) is 0 Å². The van der Waals surface area contributed by atoms with Crippen molar-refractivity contribution in [2.75, 3.05) is 11.9 Å². The van der Waals surface area contributed by atoms with Crippen molar-refractivity contribution in [1.82, 2.24) is 0 Å². The van der Waals surface area contributed by atoms with Crippen LogP contribution in [-0.4, -0.2) is 6.54 Å². The fourth-order valence-corrected chi connectivity index (χ4v) is 0.934. The van der Waals surface area contributed by atoms with Crippen LogP contribution in [0.4, 0.5) is 5.69 Å². The normalized spacial score (nSPS) is 9.00. The molecule has 0 aliphatic rings. The highest BCUT2D eigenvalue weighted by atomic mass is 14.9. The smallest absolute Gasteiger partial charge is 0.0640 e. The number of hydrogen-bond acceptors (Lipinski definition) is 2. The van der Waals surface area contributed by atoms with Crippen LogP contribution in [0.15, 0.2) is 24.3 Å². The second kappa shape index (κ2) is 4.40. The van der Waals surface area contributed by atoms with E-state index < -0.39 is 0 Å². The fraction of sp³-hybridized carbons (Fsp3) is 0.300. The molecule has 2 heteroatoms. The van der Waals surface area contributed by atoms with Gasteiger partial charge in [0.2, 0.25) is 0 Å². The highest BCUT2D eigenvalue weighted by Crippen LogP contribution is 2.07. The average Bonchev–Trinajstić information content (AvgIpc) is 2.09. The predicted octanol–water partition coefficient (Wildman–Crippen LogP) is 2.32. The zero-order valence-electron chi connectivity index (χ0n) is 7.17. The van der Waals surface area contributed by atoms with E-state index in [0.717, 1.165) is 12.2 Å². The summed E-state index contributed by atoms with van der Waals surface area (Å²) in [6, 6.07) is 10.2. The zero-order chi connectivity index (χ0) is 8.81. The van der Waals surface area contributed by atoms with E-state index >= 15 is 0 Å². The largest absolute Gasteiger partial charge is 0.384 e. The van der Waals surface area contributed by atoms with Gasteiger partial charge in [0.1, 0.15) is 0 Å². The van der Waals surface area contributed by atoms with E-state index in [1.54, 1.807) is 0 Å². The Bertz CT molecular complexity index is 269. The van der Waals surface area contributed by atoms with Gasteiger partial charge >= 0.3 is 0 Å². The molecule has 0 heterocycles. The highest BCUT2D eigenvalue weighted by molar-refractivity contribution is 5.44. The van der Waals surface area contributed by atoms with Crippen LogP contribution in [0.2, 0.25) is 0 Å². The number of rotatable bonds is 3. The lowest BCUT2D eigenvalue weighted by molar-refractivity contribution is 1.07. The van der Waals surface area contributed by atoms with Crippen LogP contribution in [0, 0.1) is 18.3 Å². The lowest BCUT2D eigenvalue weighted by Crippen LogP contribution is -1.99. The summed E-state index contributed by atoms with van der Waals surface area (Å²) in [5.41, 5.74) is 2.33. The molecule has 0 radical (unpaired) electrons. The number of nitriles is 1. The standard InChI is InChI=1S/C10H12N2/c1-9-3-5-10(6-4-9)12-8-2-7-11/h3-6,12H,2,8H2,1H3. The number of anilines is 1. The van der Waals surface area contributed by atoms with Gasteiger partial charge in [0.25, 0.3) is 0 Å². The number of benzene rings is 1. The van der Waals surface area contributed by atoms with Gasteiger partial charge in [0, 0.05) is 12.2 Å². The minimum Gasteiger partial charge on any atom is -0.384 e. The van der Waals surface area contributed by atoms with Crippen molar-refractivity contribution in [1.29, 1.82) is 5.26 Å². The monoisotopic (exact) mass is 160 g/mol. The summed E-state index contributed by atoms with van der Waals surface area (Å²) in [5.74, 6) is 0. The zero-order valence-corrected chi connectivity index (χ0v) is 7.17. The van der Waals surface area contributed by atoms with Crippen LogP contribution in [-0.2, 0) is 0 Å². The molecule has 1 rings (SSSR count). The molecule has 0 unspecified atom stereocenters. The first-order chi connectivity index (χ1) is 5.83. The molecule has 1 aromatic carbocycles. The Hall–Kier alpha value is -1.49. The summed E-state index contributed by atoms with van der Waals surface area (Å²) >= 11 is 0. The molecule has 1 aromatic rings. The van der Waals surface area contributed by atoms with Crippen LogP contribution < -0.4 is 5.32 Å². The summed E-state index contributed by atoms with van der Waals surface area (Å²) in [6.45, 7) is 2.78. The molecule has 0 aliphatic heterocycles. The van der Waals surface area contributed by atoms with Gasteiger partial charge in [-0.1, -0.05) is 17.7 Å². The Balaban J connectivity index is 2.43. The SMILES string of the molecule is Cc1ccc(NCCC#N)cc1. The molecule has 0 spiro atoms. The Morgan fingerprint density at radius 1 is 1.33 bits per heavy atom. The molecule has 1 N–H and O–H groups in total. The van der Waals surface area contributed by atoms with Gasteiger partial charge < -0.3 is 5.32 Å². The minimum atomic E-state index is 0.549. The number of aryl methyl sites for hydroxylation is 1. The summed E-state index contributed by atoms with van der Waals surface area (Å²) in [7, 11) is 0. The van der Waals surface area contributed by atoms with E-state index in [1.165, 1.54) is 5.56 Å². The second-order valence-corrected chi connectivity index (χ2v) is 2.70. The molecule has 2 nitrogen and oxygen atoms in total.